The number of rotatable bonds is 2. The summed E-state index contributed by atoms with van der Waals surface area (Å²) in [6, 6.07) is 0. The van der Waals surface area contributed by atoms with Crippen molar-refractivity contribution < 1.29 is 4.79 Å². The van der Waals surface area contributed by atoms with Crippen LogP contribution in [0, 0.1) is 0 Å². The van der Waals surface area contributed by atoms with E-state index < -0.39 is 0 Å². The van der Waals surface area contributed by atoms with Crippen LogP contribution in [0.1, 0.15) is 10.5 Å². The first-order chi connectivity index (χ1) is 6.15. The van der Waals surface area contributed by atoms with Gasteiger partial charge in [0.1, 0.15) is 5.69 Å². The van der Waals surface area contributed by atoms with Crippen molar-refractivity contribution in [1.82, 2.24) is 14.9 Å². The first-order valence-electron chi connectivity index (χ1n) is 3.65. The normalized spacial score (nSPS) is 9.46. The molecule has 0 spiro atoms. The average molecular weight is 181 g/mol. The molecule has 0 aliphatic carbocycles. The van der Waals surface area contributed by atoms with Crippen LogP contribution >= 0.6 is 0 Å². The number of nitrogens with zero attached hydrogens (tertiary/aromatic N) is 3. The quantitative estimate of drug-likeness (QED) is 0.473. The van der Waals surface area contributed by atoms with Crippen LogP contribution in [0.4, 0.5) is 5.82 Å². The topological polar surface area (TPSA) is 84.1 Å². The molecule has 0 unspecified atom stereocenters. The summed E-state index contributed by atoms with van der Waals surface area (Å²) in [7, 11) is 3.30. The van der Waals surface area contributed by atoms with Gasteiger partial charge < -0.3 is 10.3 Å². The minimum Gasteiger partial charge on any atom is -0.343 e. The zero-order valence-corrected chi connectivity index (χ0v) is 7.48. The lowest BCUT2D eigenvalue weighted by Crippen LogP contribution is -2.23. The first-order valence-corrected chi connectivity index (χ1v) is 3.65. The number of hydrogen-bond acceptors (Lipinski definition) is 5. The Morgan fingerprint density at radius 2 is 2.15 bits per heavy atom. The Labute approximate surface area is 75.7 Å². The molecule has 6 nitrogen and oxygen atoms in total. The number of amides is 1. The van der Waals surface area contributed by atoms with Crippen molar-refractivity contribution >= 4 is 11.7 Å². The maximum Gasteiger partial charge on any atom is 0.273 e. The van der Waals surface area contributed by atoms with E-state index in [0.717, 1.165) is 0 Å². The second-order valence-electron chi connectivity index (χ2n) is 2.63. The Kier molecular flexibility index (Phi) is 2.76. The Balaban J connectivity index is 2.86. The van der Waals surface area contributed by atoms with Crippen molar-refractivity contribution in [3.05, 3.63) is 18.1 Å². The fourth-order valence-electron chi connectivity index (χ4n) is 0.742. The highest BCUT2D eigenvalue weighted by Gasteiger charge is 2.09. The number of hydrazine groups is 1. The molecular formula is C7H11N5O. The summed E-state index contributed by atoms with van der Waals surface area (Å²) in [6.45, 7) is 0. The van der Waals surface area contributed by atoms with Gasteiger partial charge in [-0.2, -0.15) is 0 Å². The third-order valence-corrected chi connectivity index (χ3v) is 1.43. The number of anilines is 1. The second kappa shape index (κ2) is 3.81. The highest BCUT2D eigenvalue weighted by atomic mass is 16.2. The van der Waals surface area contributed by atoms with Crippen molar-refractivity contribution in [2.45, 2.75) is 0 Å². The number of carbonyl (C=O) groups is 1. The molecule has 1 rings (SSSR count). The Hall–Kier alpha value is -1.69. The maximum atomic E-state index is 11.3. The van der Waals surface area contributed by atoms with Gasteiger partial charge in [-0.1, -0.05) is 0 Å². The molecule has 3 N–H and O–H groups in total. The van der Waals surface area contributed by atoms with Gasteiger partial charge in [-0.15, -0.1) is 0 Å². The lowest BCUT2D eigenvalue weighted by Gasteiger charge is -2.08. The average Bonchev–Trinajstić information content (AvgIpc) is 2.17. The highest BCUT2D eigenvalue weighted by molar-refractivity contribution is 5.91. The number of nitrogens with two attached hydrogens (primary N) is 1. The molecule has 0 saturated carbocycles. The smallest absolute Gasteiger partial charge is 0.273 e. The molecule has 0 aliphatic heterocycles. The van der Waals surface area contributed by atoms with Crippen molar-refractivity contribution in [3.63, 3.8) is 0 Å². The van der Waals surface area contributed by atoms with E-state index in [9.17, 15) is 4.79 Å². The van der Waals surface area contributed by atoms with Crippen LogP contribution in [-0.4, -0.2) is 34.9 Å². The summed E-state index contributed by atoms with van der Waals surface area (Å²) < 4.78 is 0. The summed E-state index contributed by atoms with van der Waals surface area (Å²) in [4.78, 5) is 20.5. The monoisotopic (exact) mass is 181 g/mol. The molecule has 1 aromatic heterocycles. The summed E-state index contributed by atoms with van der Waals surface area (Å²) in [6.07, 6.45) is 2.77. The van der Waals surface area contributed by atoms with Gasteiger partial charge in [0, 0.05) is 14.1 Å². The van der Waals surface area contributed by atoms with Crippen molar-refractivity contribution in [1.29, 1.82) is 0 Å². The van der Waals surface area contributed by atoms with Crippen LogP contribution in [-0.2, 0) is 0 Å². The molecule has 1 amide bonds. The predicted molar refractivity (Wildman–Crippen MR) is 47.9 cm³/mol. The summed E-state index contributed by atoms with van der Waals surface area (Å²) in [5.41, 5.74) is 2.62. The fraction of sp³-hybridized carbons (Fsp3) is 0.286. The molecule has 13 heavy (non-hydrogen) atoms. The van der Waals surface area contributed by atoms with Crippen molar-refractivity contribution in [2.24, 2.45) is 5.84 Å². The van der Waals surface area contributed by atoms with E-state index in [1.165, 1.54) is 17.3 Å². The third kappa shape index (κ3) is 2.12. The van der Waals surface area contributed by atoms with Gasteiger partial charge in [-0.25, -0.2) is 15.8 Å². The van der Waals surface area contributed by atoms with Gasteiger partial charge in [0.05, 0.1) is 12.4 Å². The predicted octanol–water partition coefficient (Wildman–Crippen LogP) is -0.536. The number of aromatic nitrogens is 2. The van der Waals surface area contributed by atoms with Crippen LogP contribution < -0.4 is 11.3 Å². The van der Waals surface area contributed by atoms with E-state index in [1.807, 2.05) is 0 Å². The molecule has 1 aromatic rings. The van der Waals surface area contributed by atoms with Crippen LogP contribution in [0.3, 0.4) is 0 Å². The lowest BCUT2D eigenvalue weighted by atomic mass is 10.4. The zero-order valence-electron chi connectivity index (χ0n) is 7.48. The van der Waals surface area contributed by atoms with Crippen LogP contribution in [0.15, 0.2) is 12.4 Å². The van der Waals surface area contributed by atoms with Gasteiger partial charge >= 0.3 is 0 Å². The molecule has 0 radical (unpaired) electrons. The SMILES string of the molecule is CN(C)C(=O)c1cnc(NN)cn1. The van der Waals surface area contributed by atoms with Gasteiger partial charge in [-0.3, -0.25) is 4.79 Å². The summed E-state index contributed by atoms with van der Waals surface area (Å²) >= 11 is 0. The molecule has 0 aliphatic rings. The zero-order chi connectivity index (χ0) is 9.84. The molecule has 6 heteroatoms. The van der Waals surface area contributed by atoms with Gasteiger partial charge in [0.2, 0.25) is 0 Å². The van der Waals surface area contributed by atoms with E-state index in [-0.39, 0.29) is 5.91 Å². The van der Waals surface area contributed by atoms with E-state index in [0.29, 0.717) is 11.5 Å². The third-order valence-electron chi connectivity index (χ3n) is 1.43. The van der Waals surface area contributed by atoms with E-state index in [1.54, 1.807) is 14.1 Å². The molecule has 0 fully saturated rings. The van der Waals surface area contributed by atoms with E-state index in [4.69, 9.17) is 5.84 Å². The largest absolute Gasteiger partial charge is 0.343 e. The Morgan fingerprint density at radius 1 is 1.46 bits per heavy atom. The van der Waals surface area contributed by atoms with Gasteiger partial charge in [-0.05, 0) is 0 Å². The Bertz CT molecular complexity index is 294. The number of nitrogens with one attached hydrogen (secondary N) is 1. The lowest BCUT2D eigenvalue weighted by molar-refractivity contribution is 0.0821. The maximum absolute atomic E-state index is 11.3. The molecule has 0 bridgehead atoms. The molecule has 0 saturated heterocycles. The van der Waals surface area contributed by atoms with Gasteiger partial charge in [0.25, 0.3) is 5.91 Å². The standard InChI is InChI=1S/C7H11N5O/c1-12(2)7(13)5-3-10-6(11-8)4-9-5/h3-4H,8H2,1-2H3,(H,10,11). The highest BCUT2D eigenvalue weighted by Crippen LogP contribution is 2.00. The molecular weight excluding hydrogens is 170 g/mol. The van der Waals surface area contributed by atoms with Crippen molar-refractivity contribution in [3.8, 4) is 0 Å². The minimum atomic E-state index is -0.184. The summed E-state index contributed by atoms with van der Waals surface area (Å²) in [5.74, 6) is 5.33. The van der Waals surface area contributed by atoms with Crippen molar-refractivity contribution in [2.75, 3.05) is 19.5 Å². The van der Waals surface area contributed by atoms with E-state index in [2.05, 4.69) is 15.4 Å². The van der Waals surface area contributed by atoms with Crippen LogP contribution in [0.2, 0.25) is 0 Å². The number of nitrogen functional groups attached to an aromatic ring is 1. The molecule has 1 heterocycles. The molecule has 70 valence electrons. The number of carbonyl (C=O) groups excluding carboxylic acids is 1. The summed E-state index contributed by atoms with van der Waals surface area (Å²) in [5, 5.41) is 0. The fourth-order valence-corrected chi connectivity index (χ4v) is 0.742. The molecule has 0 aromatic carbocycles. The number of hydrogen-bond donors (Lipinski definition) is 2. The van der Waals surface area contributed by atoms with E-state index >= 15 is 0 Å². The Morgan fingerprint density at radius 3 is 2.54 bits per heavy atom. The second-order valence-corrected chi connectivity index (χ2v) is 2.63. The first kappa shape index (κ1) is 9.40. The molecule has 0 atom stereocenters. The van der Waals surface area contributed by atoms with Crippen LogP contribution in [0.25, 0.3) is 0 Å². The van der Waals surface area contributed by atoms with Crippen LogP contribution in [0.5, 0.6) is 0 Å². The minimum absolute atomic E-state index is 0.184. The van der Waals surface area contributed by atoms with Gasteiger partial charge in [0.15, 0.2) is 5.82 Å².